The van der Waals surface area contributed by atoms with Crippen LogP contribution in [0.2, 0.25) is 0 Å². The molecule has 0 saturated carbocycles. The van der Waals surface area contributed by atoms with Gasteiger partial charge in [-0.15, -0.1) is 0 Å². The van der Waals surface area contributed by atoms with Crippen molar-refractivity contribution in [3.63, 3.8) is 0 Å². The number of carbonyl (C=O) groups excluding carboxylic acids is 1. The summed E-state index contributed by atoms with van der Waals surface area (Å²) in [5, 5.41) is 3.15. The summed E-state index contributed by atoms with van der Waals surface area (Å²) in [4.78, 5) is 32.9. The van der Waals surface area contributed by atoms with Crippen LogP contribution in [-0.2, 0) is 11.3 Å². The highest BCUT2D eigenvalue weighted by atomic mass is 16.5. The molecule has 0 spiro atoms. The van der Waals surface area contributed by atoms with Gasteiger partial charge in [0.1, 0.15) is 0 Å². The van der Waals surface area contributed by atoms with Crippen molar-refractivity contribution in [2.24, 2.45) is 0 Å². The summed E-state index contributed by atoms with van der Waals surface area (Å²) >= 11 is 0. The molecule has 1 amide bonds. The van der Waals surface area contributed by atoms with Gasteiger partial charge in [-0.3, -0.25) is 19.1 Å². The third-order valence-electron chi connectivity index (χ3n) is 3.87. The van der Waals surface area contributed by atoms with Gasteiger partial charge in [-0.05, 0) is 18.2 Å². The van der Waals surface area contributed by atoms with Gasteiger partial charge in [-0.2, -0.15) is 0 Å². The fourth-order valence-corrected chi connectivity index (χ4v) is 2.53. The van der Waals surface area contributed by atoms with E-state index in [1.54, 1.807) is 36.7 Å². The van der Waals surface area contributed by atoms with Gasteiger partial charge < -0.3 is 14.8 Å². The standard InChI is InChI=1S/C18H18N4O4/c1-25-15-9-13-14(10-16(15)26-2)20-11-22(18(13)24)8-5-17(23)21-12-3-6-19-7-4-12/h3-4,6-7,9-11H,5,8H2,1-2H3,(H,19,21,23). The molecule has 0 radical (unpaired) electrons. The quantitative estimate of drug-likeness (QED) is 0.726. The number of hydrogen-bond donors (Lipinski definition) is 1. The molecular formula is C18H18N4O4. The molecule has 26 heavy (non-hydrogen) atoms. The smallest absolute Gasteiger partial charge is 0.261 e. The molecule has 2 heterocycles. The molecule has 0 bridgehead atoms. The number of hydrogen-bond acceptors (Lipinski definition) is 6. The van der Waals surface area contributed by atoms with E-state index in [0.29, 0.717) is 28.1 Å². The molecule has 0 aliphatic rings. The minimum absolute atomic E-state index is 0.142. The molecule has 3 aromatic rings. The molecule has 0 saturated heterocycles. The van der Waals surface area contributed by atoms with E-state index in [0.717, 1.165) is 0 Å². The number of ether oxygens (including phenoxy) is 2. The van der Waals surface area contributed by atoms with Crippen molar-refractivity contribution < 1.29 is 14.3 Å². The molecule has 0 aliphatic carbocycles. The zero-order valence-electron chi connectivity index (χ0n) is 14.4. The summed E-state index contributed by atoms with van der Waals surface area (Å²) in [6.45, 7) is 0.215. The fourth-order valence-electron chi connectivity index (χ4n) is 2.53. The summed E-state index contributed by atoms with van der Waals surface area (Å²) < 4.78 is 11.9. The van der Waals surface area contributed by atoms with Gasteiger partial charge in [-0.25, -0.2) is 4.98 Å². The molecule has 8 nitrogen and oxygen atoms in total. The van der Waals surface area contributed by atoms with Crippen molar-refractivity contribution in [3.05, 3.63) is 53.3 Å². The predicted octanol–water partition coefficient (Wildman–Crippen LogP) is 1.84. The number of methoxy groups -OCH3 is 2. The number of amides is 1. The molecule has 1 aromatic carbocycles. The molecule has 134 valence electrons. The second-order valence-corrected chi connectivity index (χ2v) is 5.50. The first-order valence-corrected chi connectivity index (χ1v) is 7.93. The zero-order chi connectivity index (χ0) is 18.5. The Morgan fingerprint density at radius 2 is 1.85 bits per heavy atom. The van der Waals surface area contributed by atoms with Crippen LogP contribution in [0.1, 0.15) is 6.42 Å². The van der Waals surface area contributed by atoms with E-state index in [4.69, 9.17) is 9.47 Å². The summed E-state index contributed by atoms with van der Waals surface area (Å²) in [5.41, 5.74) is 0.920. The van der Waals surface area contributed by atoms with Gasteiger partial charge in [0.2, 0.25) is 5.91 Å². The Morgan fingerprint density at radius 3 is 2.54 bits per heavy atom. The lowest BCUT2D eigenvalue weighted by molar-refractivity contribution is -0.116. The van der Waals surface area contributed by atoms with Crippen LogP contribution < -0.4 is 20.3 Å². The second kappa shape index (κ2) is 7.64. The minimum Gasteiger partial charge on any atom is -0.493 e. The Labute approximate surface area is 149 Å². The first-order chi connectivity index (χ1) is 12.6. The Bertz CT molecular complexity index is 986. The van der Waals surface area contributed by atoms with Crippen LogP contribution in [0.25, 0.3) is 10.9 Å². The van der Waals surface area contributed by atoms with Crippen LogP contribution in [0, 0.1) is 0 Å². The number of carbonyl (C=O) groups is 1. The molecule has 1 N–H and O–H groups in total. The van der Waals surface area contributed by atoms with Crippen molar-refractivity contribution in [2.45, 2.75) is 13.0 Å². The molecule has 0 atom stereocenters. The number of aryl methyl sites for hydroxylation is 1. The highest BCUT2D eigenvalue weighted by Crippen LogP contribution is 2.29. The van der Waals surface area contributed by atoms with Gasteiger partial charge in [-0.1, -0.05) is 0 Å². The number of pyridine rings is 1. The molecule has 2 aromatic heterocycles. The van der Waals surface area contributed by atoms with Gasteiger partial charge in [0.05, 0.1) is 31.4 Å². The molecule has 8 heteroatoms. The summed E-state index contributed by atoms with van der Waals surface area (Å²) in [6, 6.07) is 6.63. The number of fused-ring (bicyclic) bond motifs is 1. The van der Waals surface area contributed by atoms with Crippen LogP contribution in [0.3, 0.4) is 0 Å². The first-order valence-electron chi connectivity index (χ1n) is 7.93. The maximum Gasteiger partial charge on any atom is 0.261 e. The Morgan fingerprint density at radius 1 is 1.15 bits per heavy atom. The van der Waals surface area contributed by atoms with Gasteiger partial charge in [0.15, 0.2) is 11.5 Å². The number of benzene rings is 1. The second-order valence-electron chi connectivity index (χ2n) is 5.50. The number of nitrogens with one attached hydrogen (secondary N) is 1. The molecule has 3 rings (SSSR count). The van der Waals surface area contributed by atoms with E-state index >= 15 is 0 Å². The summed E-state index contributed by atoms with van der Waals surface area (Å²) in [6.07, 6.45) is 4.75. The number of nitrogens with zero attached hydrogens (tertiary/aromatic N) is 3. The number of rotatable bonds is 6. The highest BCUT2D eigenvalue weighted by molar-refractivity contribution is 5.90. The summed E-state index contributed by atoms with van der Waals surface area (Å²) in [7, 11) is 3.02. The van der Waals surface area contributed by atoms with E-state index in [1.807, 2.05) is 0 Å². The van der Waals surface area contributed by atoms with Crippen LogP contribution in [0.4, 0.5) is 5.69 Å². The average molecular weight is 354 g/mol. The lowest BCUT2D eigenvalue weighted by Crippen LogP contribution is -2.23. The monoisotopic (exact) mass is 354 g/mol. The van der Waals surface area contributed by atoms with E-state index in [2.05, 4.69) is 15.3 Å². The average Bonchev–Trinajstić information content (AvgIpc) is 2.67. The maximum absolute atomic E-state index is 12.7. The molecule has 0 unspecified atom stereocenters. The van der Waals surface area contributed by atoms with Gasteiger partial charge in [0.25, 0.3) is 5.56 Å². The van der Waals surface area contributed by atoms with Crippen LogP contribution in [0.5, 0.6) is 11.5 Å². The molecular weight excluding hydrogens is 336 g/mol. The van der Waals surface area contributed by atoms with E-state index < -0.39 is 0 Å². The largest absolute Gasteiger partial charge is 0.493 e. The predicted molar refractivity (Wildman–Crippen MR) is 96.6 cm³/mol. The van der Waals surface area contributed by atoms with Crippen LogP contribution in [0.15, 0.2) is 47.8 Å². The van der Waals surface area contributed by atoms with Crippen LogP contribution in [-0.4, -0.2) is 34.7 Å². The fraction of sp³-hybridized carbons (Fsp3) is 0.222. The molecule has 0 aliphatic heterocycles. The Kier molecular flexibility index (Phi) is 5.12. The van der Waals surface area contributed by atoms with Crippen LogP contribution >= 0.6 is 0 Å². The van der Waals surface area contributed by atoms with Crippen molar-refractivity contribution >= 4 is 22.5 Å². The topological polar surface area (TPSA) is 95.3 Å². The minimum atomic E-state index is -0.243. The SMILES string of the molecule is COc1cc2ncn(CCC(=O)Nc3ccncc3)c(=O)c2cc1OC. The normalized spacial score (nSPS) is 10.5. The lowest BCUT2D eigenvalue weighted by atomic mass is 10.2. The van der Waals surface area contributed by atoms with E-state index in [1.165, 1.54) is 25.1 Å². The van der Waals surface area contributed by atoms with Gasteiger partial charge in [0, 0.05) is 37.1 Å². The van der Waals surface area contributed by atoms with Crippen molar-refractivity contribution in [2.75, 3.05) is 19.5 Å². The highest BCUT2D eigenvalue weighted by Gasteiger charge is 2.12. The van der Waals surface area contributed by atoms with E-state index in [-0.39, 0.29) is 24.4 Å². The molecule has 0 fully saturated rings. The van der Waals surface area contributed by atoms with Gasteiger partial charge >= 0.3 is 0 Å². The van der Waals surface area contributed by atoms with Crippen molar-refractivity contribution in [1.82, 2.24) is 14.5 Å². The lowest BCUT2D eigenvalue weighted by Gasteiger charge is -2.10. The van der Waals surface area contributed by atoms with Crippen molar-refractivity contribution in [3.8, 4) is 11.5 Å². The first kappa shape index (κ1) is 17.4. The summed E-state index contributed by atoms with van der Waals surface area (Å²) in [5.74, 6) is 0.754. The number of anilines is 1. The Balaban J connectivity index is 1.79. The zero-order valence-corrected chi connectivity index (χ0v) is 14.4. The van der Waals surface area contributed by atoms with Crippen molar-refractivity contribution in [1.29, 1.82) is 0 Å². The third kappa shape index (κ3) is 3.64. The Hall–Kier alpha value is -3.42. The maximum atomic E-state index is 12.7. The number of aromatic nitrogens is 3. The third-order valence-corrected chi connectivity index (χ3v) is 3.87. The van der Waals surface area contributed by atoms with E-state index in [9.17, 15) is 9.59 Å².